The Morgan fingerprint density at radius 1 is 1.42 bits per heavy atom. The van der Waals surface area contributed by atoms with Gasteiger partial charge in [-0.15, -0.1) is 0 Å². The van der Waals surface area contributed by atoms with E-state index in [0.717, 1.165) is 5.56 Å². The van der Waals surface area contributed by atoms with E-state index >= 15 is 0 Å². The van der Waals surface area contributed by atoms with Crippen LogP contribution in [0.3, 0.4) is 0 Å². The van der Waals surface area contributed by atoms with Gasteiger partial charge in [0.15, 0.2) is 0 Å². The summed E-state index contributed by atoms with van der Waals surface area (Å²) in [5.41, 5.74) is 0.941. The van der Waals surface area contributed by atoms with Crippen LogP contribution in [0, 0.1) is 5.92 Å². The molecule has 102 valence electrons. The normalized spacial score (nSPS) is 16.1. The summed E-state index contributed by atoms with van der Waals surface area (Å²) in [6, 6.07) is 3.57. The van der Waals surface area contributed by atoms with Crippen molar-refractivity contribution in [2.45, 2.75) is 19.4 Å². The average molecular weight is 263 g/mol. The number of aromatic nitrogens is 1. The van der Waals surface area contributed by atoms with E-state index in [1.165, 1.54) is 0 Å². The Morgan fingerprint density at radius 3 is 2.74 bits per heavy atom. The van der Waals surface area contributed by atoms with E-state index in [-0.39, 0.29) is 11.9 Å². The van der Waals surface area contributed by atoms with E-state index in [4.69, 9.17) is 5.11 Å². The van der Waals surface area contributed by atoms with Crippen LogP contribution in [0.2, 0.25) is 0 Å². The van der Waals surface area contributed by atoms with Crippen LogP contribution in [0.25, 0.3) is 0 Å². The van der Waals surface area contributed by atoms with Crippen LogP contribution in [-0.2, 0) is 11.3 Å². The monoisotopic (exact) mass is 263 g/mol. The molecule has 0 spiro atoms. The fraction of sp³-hybridized carbons (Fsp3) is 0.462. The Bertz CT molecular complexity index is 442. The van der Waals surface area contributed by atoms with Crippen LogP contribution in [0.1, 0.15) is 18.4 Å². The predicted molar refractivity (Wildman–Crippen MR) is 68.4 cm³/mol. The fourth-order valence-corrected chi connectivity index (χ4v) is 2.12. The summed E-state index contributed by atoms with van der Waals surface area (Å²) >= 11 is 0. The molecule has 1 aromatic heterocycles. The molecule has 0 bridgehead atoms. The smallest absolute Gasteiger partial charge is 0.317 e. The fourth-order valence-electron chi connectivity index (χ4n) is 2.12. The first-order valence-electron chi connectivity index (χ1n) is 6.31. The summed E-state index contributed by atoms with van der Waals surface area (Å²) in [6.45, 7) is 1.43. The first-order chi connectivity index (χ1) is 9.16. The molecule has 6 heteroatoms. The van der Waals surface area contributed by atoms with Crippen molar-refractivity contribution in [1.29, 1.82) is 0 Å². The second-order valence-corrected chi connectivity index (χ2v) is 4.62. The van der Waals surface area contributed by atoms with Crippen LogP contribution in [0.4, 0.5) is 4.79 Å². The number of piperidine rings is 1. The summed E-state index contributed by atoms with van der Waals surface area (Å²) in [6.07, 6.45) is 4.43. The molecule has 1 aromatic rings. The van der Waals surface area contributed by atoms with Gasteiger partial charge in [0, 0.05) is 32.0 Å². The number of carbonyl (C=O) groups excluding carboxylic acids is 1. The van der Waals surface area contributed by atoms with Crippen molar-refractivity contribution in [3.05, 3.63) is 30.1 Å². The van der Waals surface area contributed by atoms with E-state index in [2.05, 4.69) is 10.3 Å². The molecule has 1 saturated heterocycles. The number of pyridine rings is 1. The van der Waals surface area contributed by atoms with Gasteiger partial charge in [0.05, 0.1) is 5.92 Å². The zero-order chi connectivity index (χ0) is 13.7. The second kappa shape index (κ2) is 6.17. The highest BCUT2D eigenvalue weighted by Gasteiger charge is 2.26. The third-order valence-corrected chi connectivity index (χ3v) is 3.30. The van der Waals surface area contributed by atoms with Gasteiger partial charge in [-0.2, -0.15) is 0 Å². The predicted octanol–water partition coefficient (Wildman–Crippen LogP) is 1.09. The van der Waals surface area contributed by atoms with Gasteiger partial charge in [-0.05, 0) is 24.5 Å². The standard InChI is InChI=1S/C13H17N3O3/c17-12(18)11-3-6-16(7-4-11)13(19)15-9-10-2-1-5-14-8-10/h1-2,5,8,11H,3-4,6-7,9H2,(H,15,19)(H,17,18). The highest BCUT2D eigenvalue weighted by atomic mass is 16.4. The third-order valence-electron chi connectivity index (χ3n) is 3.30. The van der Waals surface area contributed by atoms with Gasteiger partial charge >= 0.3 is 12.0 Å². The molecule has 2 rings (SSSR count). The summed E-state index contributed by atoms with van der Waals surface area (Å²) in [5.74, 6) is -1.09. The summed E-state index contributed by atoms with van der Waals surface area (Å²) in [5, 5.41) is 11.7. The van der Waals surface area contributed by atoms with Crippen molar-refractivity contribution in [3.63, 3.8) is 0 Å². The number of urea groups is 1. The number of aliphatic carboxylic acids is 1. The number of hydrogen-bond donors (Lipinski definition) is 2. The number of amides is 2. The Morgan fingerprint density at radius 2 is 2.16 bits per heavy atom. The Labute approximate surface area is 111 Å². The van der Waals surface area contributed by atoms with Crippen molar-refractivity contribution in [3.8, 4) is 0 Å². The van der Waals surface area contributed by atoms with Crippen molar-refractivity contribution < 1.29 is 14.7 Å². The molecule has 1 aliphatic rings. The topological polar surface area (TPSA) is 82.5 Å². The molecule has 2 heterocycles. The molecule has 0 aromatic carbocycles. The lowest BCUT2D eigenvalue weighted by Crippen LogP contribution is -2.45. The highest BCUT2D eigenvalue weighted by Crippen LogP contribution is 2.17. The highest BCUT2D eigenvalue weighted by molar-refractivity contribution is 5.75. The molecule has 0 radical (unpaired) electrons. The maximum Gasteiger partial charge on any atom is 0.317 e. The van der Waals surface area contributed by atoms with Gasteiger partial charge in [-0.25, -0.2) is 4.79 Å². The lowest BCUT2D eigenvalue weighted by Gasteiger charge is -2.30. The van der Waals surface area contributed by atoms with E-state index in [1.807, 2.05) is 12.1 Å². The molecule has 0 aliphatic carbocycles. The minimum absolute atomic E-state index is 0.146. The lowest BCUT2D eigenvalue weighted by molar-refractivity contribution is -0.143. The summed E-state index contributed by atoms with van der Waals surface area (Å²) in [7, 11) is 0. The molecule has 0 saturated carbocycles. The maximum absolute atomic E-state index is 11.9. The largest absolute Gasteiger partial charge is 0.481 e. The Balaban J connectivity index is 1.77. The molecular formula is C13H17N3O3. The molecule has 0 atom stereocenters. The minimum Gasteiger partial charge on any atom is -0.481 e. The van der Waals surface area contributed by atoms with Crippen LogP contribution in [0.5, 0.6) is 0 Å². The van der Waals surface area contributed by atoms with Crippen LogP contribution < -0.4 is 5.32 Å². The maximum atomic E-state index is 11.9. The summed E-state index contributed by atoms with van der Waals surface area (Å²) in [4.78, 5) is 28.3. The number of rotatable bonds is 3. The van der Waals surface area contributed by atoms with Gasteiger partial charge < -0.3 is 15.3 Å². The van der Waals surface area contributed by atoms with Crippen LogP contribution in [-0.4, -0.2) is 40.1 Å². The molecule has 6 nitrogen and oxygen atoms in total. The molecule has 1 aliphatic heterocycles. The first-order valence-corrected chi connectivity index (χ1v) is 6.31. The Hall–Kier alpha value is -2.11. The SMILES string of the molecule is O=C(O)C1CCN(C(=O)NCc2cccnc2)CC1. The molecule has 19 heavy (non-hydrogen) atoms. The van der Waals surface area contributed by atoms with Gasteiger partial charge in [-0.3, -0.25) is 9.78 Å². The van der Waals surface area contributed by atoms with Gasteiger partial charge in [-0.1, -0.05) is 6.07 Å². The number of nitrogens with one attached hydrogen (secondary N) is 1. The zero-order valence-corrected chi connectivity index (χ0v) is 10.6. The molecule has 2 amide bonds. The number of likely N-dealkylation sites (tertiary alicyclic amines) is 1. The second-order valence-electron chi connectivity index (χ2n) is 4.62. The molecular weight excluding hydrogens is 246 g/mol. The van der Waals surface area contributed by atoms with Gasteiger partial charge in [0.2, 0.25) is 0 Å². The number of nitrogens with zero attached hydrogens (tertiary/aromatic N) is 2. The van der Waals surface area contributed by atoms with Crippen LogP contribution in [0.15, 0.2) is 24.5 Å². The van der Waals surface area contributed by atoms with Gasteiger partial charge in [0.1, 0.15) is 0 Å². The zero-order valence-electron chi connectivity index (χ0n) is 10.6. The number of carboxylic acid groups (broad SMARTS) is 1. The first kappa shape index (κ1) is 13.3. The number of carbonyl (C=O) groups is 2. The molecule has 1 fully saturated rings. The third kappa shape index (κ3) is 3.67. The van der Waals surface area contributed by atoms with Crippen molar-refractivity contribution in [1.82, 2.24) is 15.2 Å². The van der Waals surface area contributed by atoms with E-state index < -0.39 is 5.97 Å². The molecule has 0 unspecified atom stereocenters. The van der Waals surface area contributed by atoms with Gasteiger partial charge in [0.25, 0.3) is 0 Å². The minimum atomic E-state index is -0.768. The Kier molecular flexibility index (Phi) is 4.33. The van der Waals surface area contributed by atoms with E-state index in [0.29, 0.717) is 32.5 Å². The van der Waals surface area contributed by atoms with Crippen LogP contribution >= 0.6 is 0 Å². The number of hydrogen-bond acceptors (Lipinski definition) is 3. The quantitative estimate of drug-likeness (QED) is 0.855. The summed E-state index contributed by atoms with van der Waals surface area (Å²) < 4.78 is 0. The number of carboxylic acids is 1. The molecule has 2 N–H and O–H groups in total. The average Bonchev–Trinajstić information content (AvgIpc) is 2.46. The lowest BCUT2D eigenvalue weighted by atomic mass is 9.97. The van der Waals surface area contributed by atoms with Crippen molar-refractivity contribution in [2.75, 3.05) is 13.1 Å². The van der Waals surface area contributed by atoms with Crippen molar-refractivity contribution in [2.24, 2.45) is 5.92 Å². The van der Waals surface area contributed by atoms with E-state index in [9.17, 15) is 9.59 Å². The van der Waals surface area contributed by atoms with E-state index in [1.54, 1.807) is 17.3 Å². The van der Waals surface area contributed by atoms with Crippen molar-refractivity contribution >= 4 is 12.0 Å².